The molecule has 0 unspecified atom stereocenters. The van der Waals surface area contributed by atoms with E-state index in [-0.39, 0.29) is 11.6 Å². The number of hydrogen-bond donors (Lipinski definition) is 0. The first-order valence-corrected chi connectivity index (χ1v) is 5.38. The second-order valence-corrected chi connectivity index (χ2v) is 3.87. The van der Waals surface area contributed by atoms with Crippen molar-refractivity contribution < 1.29 is 9.59 Å². The molecule has 2 nitrogen and oxygen atoms in total. The lowest BCUT2D eigenvalue weighted by atomic mass is 10.0. The fourth-order valence-electron chi connectivity index (χ4n) is 1.63. The largest absolute Gasteiger partial charge is 0.295 e. The third-order valence-electron chi connectivity index (χ3n) is 2.50. The Labute approximate surface area is 99.6 Å². The summed E-state index contributed by atoms with van der Waals surface area (Å²) in [7, 11) is 0. The van der Waals surface area contributed by atoms with E-state index in [1.54, 1.807) is 6.07 Å². The molecule has 2 heteroatoms. The van der Waals surface area contributed by atoms with Crippen molar-refractivity contribution in [1.82, 2.24) is 0 Å². The van der Waals surface area contributed by atoms with Crippen molar-refractivity contribution in [3.05, 3.63) is 60.2 Å². The van der Waals surface area contributed by atoms with Gasteiger partial charge < -0.3 is 0 Å². The summed E-state index contributed by atoms with van der Waals surface area (Å²) in [6.07, 6.45) is 2.60. The second kappa shape index (κ2) is 4.74. The highest BCUT2D eigenvalue weighted by Gasteiger charge is 2.02. The van der Waals surface area contributed by atoms with Crippen molar-refractivity contribution >= 4 is 22.3 Å². The minimum Gasteiger partial charge on any atom is -0.295 e. The van der Waals surface area contributed by atoms with Gasteiger partial charge in [-0.15, -0.1) is 0 Å². The highest BCUT2D eigenvalue weighted by molar-refractivity contribution is 6.09. The van der Waals surface area contributed by atoms with Crippen LogP contribution in [0.2, 0.25) is 0 Å². The van der Waals surface area contributed by atoms with E-state index < -0.39 is 0 Å². The van der Waals surface area contributed by atoms with E-state index in [1.165, 1.54) is 19.1 Å². The summed E-state index contributed by atoms with van der Waals surface area (Å²) >= 11 is 0. The summed E-state index contributed by atoms with van der Waals surface area (Å²) in [5, 5.41) is 2.12. The van der Waals surface area contributed by atoms with Crippen LogP contribution in [-0.2, 0) is 4.79 Å². The van der Waals surface area contributed by atoms with Crippen molar-refractivity contribution in [3.63, 3.8) is 0 Å². The SMILES string of the molecule is CC(=O)/C=C/C(=O)c1ccc2ccccc2c1. The first-order valence-electron chi connectivity index (χ1n) is 5.38. The third-order valence-corrected chi connectivity index (χ3v) is 2.50. The number of ketones is 2. The van der Waals surface area contributed by atoms with E-state index in [9.17, 15) is 9.59 Å². The molecular formula is C15H12O2. The number of benzene rings is 2. The van der Waals surface area contributed by atoms with Crippen molar-refractivity contribution in [2.75, 3.05) is 0 Å². The van der Waals surface area contributed by atoms with Gasteiger partial charge in [0.25, 0.3) is 0 Å². The summed E-state index contributed by atoms with van der Waals surface area (Å²) in [4.78, 5) is 22.5. The Balaban J connectivity index is 2.36. The van der Waals surface area contributed by atoms with E-state index >= 15 is 0 Å². The second-order valence-electron chi connectivity index (χ2n) is 3.87. The Kier molecular flexibility index (Phi) is 3.15. The van der Waals surface area contributed by atoms with Crippen LogP contribution in [0.25, 0.3) is 10.8 Å². The van der Waals surface area contributed by atoms with Crippen molar-refractivity contribution in [3.8, 4) is 0 Å². The van der Waals surface area contributed by atoms with Crippen molar-refractivity contribution in [2.45, 2.75) is 6.92 Å². The fourth-order valence-corrected chi connectivity index (χ4v) is 1.63. The van der Waals surface area contributed by atoms with E-state index in [1.807, 2.05) is 36.4 Å². The molecule has 0 bridgehead atoms. The summed E-state index contributed by atoms with van der Waals surface area (Å²) in [6, 6.07) is 13.4. The highest BCUT2D eigenvalue weighted by Crippen LogP contribution is 2.16. The van der Waals surface area contributed by atoms with E-state index in [0.717, 1.165) is 10.8 Å². The zero-order valence-electron chi connectivity index (χ0n) is 9.51. The summed E-state index contributed by atoms with van der Waals surface area (Å²) in [6.45, 7) is 1.42. The van der Waals surface area contributed by atoms with Crippen LogP contribution in [-0.4, -0.2) is 11.6 Å². The van der Waals surface area contributed by atoms with Crippen LogP contribution in [0.15, 0.2) is 54.6 Å². The van der Waals surface area contributed by atoms with Crippen LogP contribution in [0.3, 0.4) is 0 Å². The van der Waals surface area contributed by atoms with Gasteiger partial charge in [-0.05, 0) is 35.9 Å². The number of fused-ring (bicyclic) bond motifs is 1. The molecular weight excluding hydrogens is 212 g/mol. The van der Waals surface area contributed by atoms with Gasteiger partial charge in [0, 0.05) is 5.56 Å². The summed E-state index contributed by atoms with van der Waals surface area (Å²) in [5.74, 6) is -0.273. The predicted octanol–water partition coefficient (Wildman–Crippen LogP) is 3.17. The van der Waals surface area contributed by atoms with Crippen LogP contribution in [0.4, 0.5) is 0 Å². The maximum Gasteiger partial charge on any atom is 0.185 e. The van der Waals surface area contributed by atoms with Gasteiger partial charge in [0.05, 0.1) is 0 Å². The molecule has 0 radical (unpaired) electrons. The van der Waals surface area contributed by atoms with Gasteiger partial charge in [0.15, 0.2) is 11.6 Å². The number of carbonyl (C=O) groups excluding carboxylic acids is 2. The lowest BCUT2D eigenvalue weighted by Crippen LogP contribution is -1.95. The number of rotatable bonds is 3. The van der Waals surface area contributed by atoms with Gasteiger partial charge in [-0.3, -0.25) is 9.59 Å². The molecule has 0 N–H and O–H groups in total. The maximum absolute atomic E-state index is 11.8. The van der Waals surface area contributed by atoms with Crippen LogP contribution in [0.1, 0.15) is 17.3 Å². The first-order chi connectivity index (χ1) is 8.16. The quantitative estimate of drug-likeness (QED) is 0.592. The van der Waals surface area contributed by atoms with Gasteiger partial charge >= 0.3 is 0 Å². The normalized spacial score (nSPS) is 10.9. The average molecular weight is 224 g/mol. The fraction of sp³-hybridized carbons (Fsp3) is 0.0667. The van der Waals surface area contributed by atoms with E-state index in [4.69, 9.17) is 0 Å². The number of hydrogen-bond acceptors (Lipinski definition) is 2. The van der Waals surface area contributed by atoms with Gasteiger partial charge in [-0.2, -0.15) is 0 Å². The molecule has 0 saturated heterocycles. The minimum absolute atomic E-state index is 0.126. The van der Waals surface area contributed by atoms with Gasteiger partial charge in [0.1, 0.15) is 0 Å². The lowest BCUT2D eigenvalue weighted by Gasteiger charge is -1.99. The highest BCUT2D eigenvalue weighted by atomic mass is 16.1. The Morgan fingerprint density at radius 1 is 0.941 bits per heavy atom. The molecule has 0 aliphatic rings. The molecule has 0 heterocycles. The van der Waals surface area contributed by atoms with Crippen molar-refractivity contribution in [1.29, 1.82) is 0 Å². The summed E-state index contributed by atoms with van der Waals surface area (Å²) in [5.41, 5.74) is 0.598. The third kappa shape index (κ3) is 2.67. The monoisotopic (exact) mass is 224 g/mol. The molecule has 0 fully saturated rings. The van der Waals surface area contributed by atoms with Gasteiger partial charge in [0.2, 0.25) is 0 Å². The zero-order chi connectivity index (χ0) is 12.3. The Morgan fingerprint density at radius 2 is 1.65 bits per heavy atom. The first kappa shape index (κ1) is 11.3. The predicted molar refractivity (Wildman–Crippen MR) is 68.1 cm³/mol. The molecule has 2 aromatic carbocycles. The van der Waals surface area contributed by atoms with Crippen LogP contribution >= 0.6 is 0 Å². The number of allylic oxidation sites excluding steroid dienone is 2. The van der Waals surface area contributed by atoms with Gasteiger partial charge in [-0.25, -0.2) is 0 Å². The molecule has 17 heavy (non-hydrogen) atoms. The van der Waals surface area contributed by atoms with Crippen LogP contribution in [0, 0.1) is 0 Å². The molecule has 2 rings (SSSR count). The number of carbonyl (C=O) groups is 2. The molecule has 0 atom stereocenters. The van der Waals surface area contributed by atoms with Crippen LogP contribution < -0.4 is 0 Å². The van der Waals surface area contributed by atoms with Crippen molar-refractivity contribution in [2.24, 2.45) is 0 Å². The Morgan fingerprint density at radius 3 is 2.35 bits per heavy atom. The Bertz CT molecular complexity index is 609. The maximum atomic E-state index is 11.8. The summed E-state index contributed by atoms with van der Waals surface area (Å²) < 4.78 is 0. The zero-order valence-corrected chi connectivity index (χ0v) is 9.51. The van der Waals surface area contributed by atoms with E-state index in [2.05, 4.69) is 0 Å². The molecule has 0 aliphatic heterocycles. The van der Waals surface area contributed by atoms with Crippen LogP contribution in [0.5, 0.6) is 0 Å². The molecule has 0 spiro atoms. The molecule has 0 saturated carbocycles. The Hall–Kier alpha value is -2.22. The minimum atomic E-state index is -0.147. The van der Waals surface area contributed by atoms with E-state index in [0.29, 0.717) is 5.56 Å². The molecule has 0 aliphatic carbocycles. The lowest BCUT2D eigenvalue weighted by molar-refractivity contribution is -0.112. The molecule has 0 amide bonds. The average Bonchev–Trinajstić information content (AvgIpc) is 2.35. The van der Waals surface area contributed by atoms with Gasteiger partial charge in [-0.1, -0.05) is 36.4 Å². The topological polar surface area (TPSA) is 34.1 Å². The molecule has 2 aromatic rings. The smallest absolute Gasteiger partial charge is 0.185 e. The molecule has 0 aromatic heterocycles. The standard InChI is InChI=1S/C15H12O2/c1-11(16)6-9-15(17)14-8-7-12-4-2-3-5-13(12)10-14/h2-10H,1H3/b9-6+. The molecule has 84 valence electrons.